The van der Waals surface area contributed by atoms with Gasteiger partial charge in [0, 0.05) is 7.05 Å². The van der Waals surface area contributed by atoms with Crippen LogP contribution in [0.5, 0.6) is 11.5 Å². The molecule has 0 unspecified atom stereocenters. The zero-order chi connectivity index (χ0) is 12.3. The van der Waals surface area contributed by atoms with Gasteiger partial charge in [0.25, 0.3) is 0 Å². The highest BCUT2D eigenvalue weighted by Crippen LogP contribution is 2.33. The van der Waals surface area contributed by atoms with E-state index in [4.69, 9.17) is 4.74 Å². The van der Waals surface area contributed by atoms with Crippen LogP contribution >= 0.6 is 15.9 Å². The largest absolute Gasteiger partial charge is 0.454 e. The summed E-state index contributed by atoms with van der Waals surface area (Å²) in [7, 11) is 1.89. The Hall–Kier alpha value is -1.48. The Bertz CT molecular complexity index is 525. The molecule has 0 saturated carbocycles. The van der Waals surface area contributed by atoms with Gasteiger partial charge in [-0.1, -0.05) is 18.2 Å². The molecule has 0 atom stereocenters. The van der Waals surface area contributed by atoms with E-state index < -0.39 is 0 Å². The topological polar surface area (TPSA) is 21.3 Å². The minimum Gasteiger partial charge on any atom is -0.454 e. The van der Waals surface area contributed by atoms with Crippen LogP contribution in [0.2, 0.25) is 0 Å². The van der Waals surface area contributed by atoms with Crippen molar-refractivity contribution in [3.8, 4) is 11.5 Å². The third-order valence-electron chi connectivity index (χ3n) is 2.46. The molecule has 17 heavy (non-hydrogen) atoms. The molecule has 3 heteroatoms. The first-order chi connectivity index (χ1) is 8.20. The Morgan fingerprint density at radius 3 is 2.53 bits per heavy atom. The van der Waals surface area contributed by atoms with Gasteiger partial charge in [0.15, 0.2) is 5.75 Å². The fraction of sp³-hybridized carbons (Fsp3) is 0.143. The van der Waals surface area contributed by atoms with E-state index in [-0.39, 0.29) is 0 Å². The Labute approximate surface area is 110 Å². The minimum atomic E-state index is 0.814. The van der Waals surface area contributed by atoms with Crippen molar-refractivity contribution in [2.24, 2.45) is 0 Å². The normalized spacial score (nSPS) is 10.1. The molecule has 0 aliphatic heterocycles. The summed E-state index contributed by atoms with van der Waals surface area (Å²) in [5.41, 5.74) is 2.15. The molecule has 2 aromatic rings. The van der Waals surface area contributed by atoms with Gasteiger partial charge in [-0.05, 0) is 52.7 Å². The van der Waals surface area contributed by atoms with Gasteiger partial charge in [-0.25, -0.2) is 0 Å². The summed E-state index contributed by atoms with van der Waals surface area (Å²) in [5, 5.41) is 3.12. The average molecular weight is 292 g/mol. The lowest BCUT2D eigenvalue weighted by Crippen LogP contribution is -1.94. The van der Waals surface area contributed by atoms with Gasteiger partial charge < -0.3 is 10.1 Å². The van der Waals surface area contributed by atoms with Gasteiger partial charge in [-0.3, -0.25) is 0 Å². The zero-order valence-electron chi connectivity index (χ0n) is 9.83. The number of benzene rings is 2. The Kier molecular flexibility index (Phi) is 3.69. The molecular formula is C14H14BrNO. The molecular weight excluding hydrogens is 278 g/mol. The lowest BCUT2D eigenvalue weighted by Gasteiger charge is -2.12. The molecule has 0 fully saturated rings. The Balaban J connectivity index is 2.35. The second-order valence-electron chi connectivity index (χ2n) is 3.78. The minimum absolute atomic E-state index is 0.814. The molecule has 2 aromatic carbocycles. The standard InChI is InChI=1S/C14H14BrNO/c1-10-7-8-12(16-2)14(9-10)17-13-6-4-3-5-11(13)15/h3-9,16H,1-2H3. The zero-order valence-corrected chi connectivity index (χ0v) is 11.4. The highest BCUT2D eigenvalue weighted by Gasteiger charge is 2.06. The Morgan fingerprint density at radius 2 is 1.82 bits per heavy atom. The van der Waals surface area contributed by atoms with E-state index in [0.717, 1.165) is 21.7 Å². The van der Waals surface area contributed by atoms with Gasteiger partial charge in [0.1, 0.15) is 5.75 Å². The number of ether oxygens (including phenoxy) is 1. The lowest BCUT2D eigenvalue weighted by molar-refractivity contribution is 0.481. The molecule has 0 heterocycles. The summed E-state index contributed by atoms with van der Waals surface area (Å²) in [4.78, 5) is 0. The third-order valence-corrected chi connectivity index (χ3v) is 3.12. The summed E-state index contributed by atoms with van der Waals surface area (Å²) in [6.45, 7) is 2.05. The molecule has 0 aromatic heterocycles. The van der Waals surface area contributed by atoms with Crippen molar-refractivity contribution in [2.45, 2.75) is 6.92 Å². The quantitative estimate of drug-likeness (QED) is 0.893. The second-order valence-corrected chi connectivity index (χ2v) is 4.64. The predicted octanol–water partition coefficient (Wildman–Crippen LogP) is 4.59. The third kappa shape index (κ3) is 2.80. The van der Waals surface area contributed by atoms with E-state index in [9.17, 15) is 0 Å². The van der Waals surface area contributed by atoms with Crippen LogP contribution in [-0.2, 0) is 0 Å². The maximum Gasteiger partial charge on any atom is 0.150 e. The average Bonchev–Trinajstić information content (AvgIpc) is 2.32. The first-order valence-corrected chi connectivity index (χ1v) is 6.21. The van der Waals surface area contributed by atoms with Crippen molar-refractivity contribution in [1.29, 1.82) is 0 Å². The van der Waals surface area contributed by atoms with Crippen molar-refractivity contribution in [3.05, 3.63) is 52.5 Å². The molecule has 0 aliphatic carbocycles. The van der Waals surface area contributed by atoms with E-state index >= 15 is 0 Å². The predicted molar refractivity (Wildman–Crippen MR) is 74.9 cm³/mol. The first-order valence-electron chi connectivity index (χ1n) is 5.41. The summed E-state index contributed by atoms with van der Waals surface area (Å²) in [5.74, 6) is 1.65. The molecule has 0 radical (unpaired) electrons. The van der Waals surface area contributed by atoms with Crippen molar-refractivity contribution in [3.63, 3.8) is 0 Å². The van der Waals surface area contributed by atoms with Crippen LogP contribution in [0.1, 0.15) is 5.56 Å². The number of anilines is 1. The number of rotatable bonds is 3. The molecule has 0 spiro atoms. The Morgan fingerprint density at radius 1 is 1.06 bits per heavy atom. The lowest BCUT2D eigenvalue weighted by atomic mass is 10.2. The highest BCUT2D eigenvalue weighted by atomic mass is 79.9. The maximum atomic E-state index is 5.90. The number of para-hydroxylation sites is 1. The van der Waals surface area contributed by atoms with Crippen LogP contribution in [0.15, 0.2) is 46.9 Å². The van der Waals surface area contributed by atoms with Crippen LogP contribution in [0, 0.1) is 6.92 Å². The number of hydrogen-bond donors (Lipinski definition) is 1. The highest BCUT2D eigenvalue weighted by molar-refractivity contribution is 9.10. The second kappa shape index (κ2) is 5.23. The van der Waals surface area contributed by atoms with Crippen molar-refractivity contribution in [2.75, 3.05) is 12.4 Å². The molecule has 0 aliphatic rings. The van der Waals surface area contributed by atoms with Crippen molar-refractivity contribution in [1.82, 2.24) is 0 Å². The summed E-state index contributed by atoms with van der Waals surface area (Å²) in [6.07, 6.45) is 0. The molecule has 1 N–H and O–H groups in total. The molecule has 88 valence electrons. The SMILES string of the molecule is CNc1ccc(C)cc1Oc1ccccc1Br. The maximum absolute atomic E-state index is 5.90. The van der Waals surface area contributed by atoms with Gasteiger partial charge in [0.05, 0.1) is 10.2 Å². The summed E-state index contributed by atoms with van der Waals surface area (Å²) in [6, 6.07) is 13.9. The number of aryl methyl sites for hydroxylation is 1. The van der Waals surface area contributed by atoms with Gasteiger partial charge in [-0.15, -0.1) is 0 Å². The van der Waals surface area contributed by atoms with Gasteiger partial charge in [-0.2, -0.15) is 0 Å². The molecule has 0 bridgehead atoms. The number of nitrogens with one attached hydrogen (secondary N) is 1. The van der Waals surface area contributed by atoms with Crippen molar-refractivity contribution >= 4 is 21.6 Å². The molecule has 0 amide bonds. The summed E-state index contributed by atoms with van der Waals surface area (Å²) >= 11 is 3.47. The van der Waals surface area contributed by atoms with E-state index in [1.54, 1.807) is 0 Å². The van der Waals surface area contributed by atoms with E-state index in [1.807, 2.05) is 50.4 Å². The van der Waals surface area contributed by atoms with E-state index in [1.165, 1.54) is 5.56 Å². The fourth-order valence-electron chi connectivity index (χ4n) is 1.57. The van der Waals surface area contributed by atoms with Crippen LogP contribution in [0.4, 0.5) is 5.69 Å². The smallest absolute Gasteiger partial charge is 0.150 e. The fourth-order valence-corrected chi connectivity index (χ4v) is 1.93. The molecule has 2 rings (SSSR count). The number of hydrogen-bond acceptors (Lipinski definition) is 2. The van der Waals surface area contributed by atoms with Gasteiger partial charge in [0.2, 0.25) is 0 Å². The van der Waals surface area contributed by atoms with Gasteiger partial charge >= 0.3 is 0 Å². The number of halogens is 1. The van der Waals surface area contributed by atoms with Crippen LogP contribution in [0.3, 0.4) is 0 Å². The first kappa shape index (κ1) is 12.0. The van der Waals surface area contributed by atoms with Crippen LogP contribution in [-0.4, -0.2) is 7.05 Å². The van der Waals surface area contributed by atoms with Crippen molar-refractivity contribution < 1.29 is 4.74 Å². The van der Waals surface area contributed by atoms with E-state index in [0.29, 0.717) is 0 Å². The molecule has 2 nitrogen and oxygen atoms in total. The summed E-state index contributed by atoms with van der Waals surface area (Å²) < 4.78 is 6.85. The molecule has 0 saturated heterocycles. The van der Waals surface area contributed by atoms with Crippen LogP contribution < -0.4 is 10.1 Å². The van der Waals surface area contributed by atoms with E-state index in [2.05, 4.69) is 27.3 Å². The van der Waals surface area contributed by atoms with Crippen LogP contribution in [0.25, 0.3) is 0 Å². The monoisotopic (exact) mass is 291 g/mol.